The number of hydrogen-bond acceptors (Lipinski definition) is 2. The summed E-state index contributed by atoms with van der Waals surface area (Å²) in [6.07, 6.45) is 9.34. The van der Waals surface area contributed by atoms with E-state index < -0.39 is 0 Å². The molecule has 2 rings (SSSR count). The summed E-state index contributed by atoms with van der Waals surface area (Å²) < 4.78 is 0. The first kappa shape index (κ1) is 13.6. The van der Waals surface area contributed by atoms with Gasteiger partial charge in [0.1, 0.15) is 0 Å². The number of nitrogens with zero attached hydrogens (tertiary/aromatic N) is 1. The van der Waals surface area contributed by atoms with E-state index in [9.17, 15) is 4.79 Å². The third kappa shape index (κ3) is 3.33. The van der Waals surface area contributed by atoms with Crippen LogP contribution >= 0.6 is 0 Å². The Morgan fingerprint density at radius 3 is 2.72 bits per heavy atom. The number of nitrogens with one attached hydrogen (secondary N) is 1. The van der Waals surface area contributed by atoms with E-state index in [0.717, 1.165) is 36.8 Å². The third-order valence-corrected chi connectivity index (χ3v) is 4.64. The summed E-state index contributed by atoms with van der Waals surface area (Å²) in [5, 5.41) is 4.32. The van der Waals surface area contributed by atoms with Crippen molar-refractivity contribution in [3.63, 3.8) is 0 Å². The molecule has 1 N–H and O–H groups in total. The summed E-state index contributed by atoms with van der Waals surface area (Å²) in [6, 6.07) is 0. The summed E-state index contributed by atoms with van der Waals surface area (Å²) in [6.45, 7) is 4.23. The molecular formula is C15H26N2O. The molecule has 2 aliphatic carbocycles. The molecule has 0 aliphatic heterocycles. The van der Waals surface area contributed by atoms with Crippen molar-refractivity contribution in [1.29, 1.82) is 0 Å². The maximum absolute atomic E-state index is 11.6. The highest BCUT2D eigenvalue weighted by molar-refractivity contribution is 5.86. The number of rotatable bonds is 6. The second-order valence-corrected chi connectivity index (χ2v) is 6.03. The summed E-state index contributed by atoms with van der Waals surface area (Å²) in [4.78, 5) is 11.6. The molecule has 2 fully saturated rings. The fourth-order valence-electron chi connectivity index (χ4n) is 3.58. The van der Waals surface area contributed by atoms with E-state index in [-0.39, 0.29) is 5.91 Å². The van der Waals surface area contributed by atoms with Gasteiger partial charge in [-0.3, -0.25) is 4.79 Å². The number of hydrazone groups is 1. The van der Waals surface area contributed by atoms with Gasteiger partial charge >= 0.3 is 0 Å². The van der Waals surface area contributed by atoms with Gasteiger partial charge < -0.3 is 0 Å². The normalized spacial score (nSPS) is 30.8. The number of hydrogen-bond donors (Lipinski definition) is 1. The molecule has 0 spiro atoms. The van der Waals surface area contributed by atoms with Gasteiger partial charge in [0, 0.05) is 18.1 Å². The summed E-state index contributed by atoms with van der Waals surface area (Å²) >= 11 is 0. The Hall–Kier alpha value is -0.860. The van der Waals surface area contributed by atoms with E-state index in [1.807, 2.05) is 0 Å². The van der Waals surface area contributed by atoms with Crippen LogP contribution in [0.25, 0.3) is 0 Å². The predicted molar refractivity (Wildman–Crippen MR) is 74.3 cm³/mol. The van der Waals surface area contributed by atoms with E-state index in [1.165, 1.54) is 25.7 Å². The third-order valence-electron chi connectivity index (χ3n) is 4.64. The SMILES string of the molecule is CCCCCC(=O)NN=C(C)C1CC2CCC1C2. The van der Waals surface area contributed by atoms with Crippen LogP contribution in [0, 0.1) is 17.8 Å². The molecule has 18 heavy (non-hydrogen) atoms. The molecule has 3 heteroatoms. The van der Waals surface area contributed by atoms with Gasteiger partial charge in [-0.05, 0) is 44.4 Å². The van der Waals surface area contributed by atoms with Crippen LogP contribution in [0.4, 0.5) is 0 Å². The minimum atomic E-state index is 0.0750. The van der Waals surface area contributed by atoms with Gasteiger partial charge in [-0.25, -0.2) is 5.43 Å². The highest BCUT2D eigenvalue weighted by Crippen LogP contribution is 2.48. The lowest BCUT2D eigenvalue weighted by molar-refractivity contribution is -0.121. The number of amides is 1. The number of fused-ring (bicyclic) bond motifs is 2. The van der Waals surface area contributed by atoms with Crippen LogP contribution in [0.1, 0.15) is 65.2 Å². The van der Waals surface area contributed by atoms with E-state index in [0.29, 0.717) is 12.3 Å². The van der Waals surface area contributed by atoms with Gasteiger partial charge in [-0.1, -0.05) is 26.2 Å². The molecule has 102 valence electrons. The van der Waals surface area contributed by atoms with Crippen LogP contribution in [-0.4, -0.2) is 11.6 Å². The molecule has 2 bridgehead atoms. The predicted octanol–water partition coefficient (Wildman–Crippen LogP) is 3.50. The summed E-state index contributed by atoms with van der Waals surface area (Å²) in [7, 11) is 0. The Labute approximate surface area is 110 Å². The quantitative estimate of drug-likeness (QED) is 0.437. The van der Waals surface area contributed by atoms with Gasteiger partial charge in [0.05, 0.1) is 0 Å². The van der Waals surface area contributed by atoms with Crippen molar-refractivity contribution in [3.8, 4) is 0 Å². The molecule has 1 amide bonds. The van der Waals surface area contributed by atoms with Crippen LogP contribution in [0.2, 0.25) is 0 Å². The van der Waals surface area contributed by atoms with Crippen molar-refractivity contribution in [1.82, 2.24) is 5.43 Å². The fraction of sp³-hybridized carbons (Fsp3) is 0.867. The van der Waals surface area contributed by atoms with Gasteiger partial charge in [-0.2, -0.15) is 5.10 Å². The molecule has 2 aliphatic rings. The minimum Gasteiger partial charge on any atom is -0.273 e. The summed E-state index contributed by atoms with van der Waals surface area (Å²) in [5.41, 5.74) is 3.87. The average Bonchev–Trinajstić information content (AvgIpc) is 2.98. The summed E-state index contributed by atoms with van der Waals surface area (Å²) in [5.74, 6) is 2.49. The molecule has 3 atom stereocenters. The lowest BCUT2D eigenvalue weighted by Gasteiger charge is -2.21. The first-order valence-corrected chi connectivity index (χ1v) is 7.53. The smallest absolute Gasteiger partial charge is 0.240 e. The Morgan fingerprint density at radius 2 is 2.11 bits per heavy atom. The molecule has 0 aromatic rings. The molecule has 2 saturated carbocycles. The Morgan fingerprint density at radius 1 is 1.28 bits per heavy atom. The van der Waals surface area contributed by atoms with Crippen LogP contribution in [0.15, 0.2) is 5.10 Å². The standard InChI is InChI=1S/C15H26N2O/c1-3-4-5-6-15(18)17-16-11(2)14-10-12-7-8-13(14)9-12/h12-14H,3-10H2,1-2H3,(H,17,18). The van der Waals surface area contributed by atoms with Crippen LogP contribution in [-0.2, 0) is 4.79 Å². The number of carbonyl (C=O) groups is 1. The highest BCUT2D eigenvalue weighted by atomic mass is 16.2. The number of carbonyl (C=O) groups excluding carboxylic acids is 1. The molecule has 3 unspecified atom stereocenters. The van der Waals surface area contributed by atoms with Crippen molar-refractivity contribution >= 4 is 11.6 Å². The van der Waals surface area contributed by atoms with Crippen molar-refractivity contribution in [2.45, 2.75) is 65.2 Å². The molecule has 0 radical (unpaired) electrons. The molecular weight excluding hydrogens is 224 g/mol. The van der Waals surface area contributed by atoms with Crippen molar-refractivity contribution < 1.29 is 4.79 Å². The zero-order valence-electron chi connectivity index (χ0n) is 11.7. The van der Waals surface area contributed by atoms with Crippen LogP contribution in [0.3, 0.4) is 0 Å². The van der Waals surface area contributed by atoms with E-state index in [2.05, 4.69) is 24.4 Å². The van der Waals surface area contributed by atoms with Gasteiger partial charge in [0.2, 0.25) is 5.91 Å². The Kier molecular flexibility index (Phi) is 4.79. The molecule has 0 aromatic carbocycles. The second-order valence-electron chi connectivity index (χ2n) is 6.03. The van der Waals surface area contributed by atoms with Gasteiger partial charge in [0.25, 0.3) is 0 Å². The Bertz CT molecular complexity index is 324. The highest BCUT2D eigenvalue weighted by Gasteiger charge is 2.40. The molecule has 0 saturated heterocycles. The van der Waals surface area contributed by atoms with Crippen molar-refractivity contribution in [2.24, 2.45) is 22.9 Å². The van der Waals surface area contributed by atoms with Crippen molar-refractivity contribution in [3.05, 3.63) is 0 Å². The van der Waals surface area contributed by atoms with Gasteiger partial charge in [0.15, 0.2) is 0 Å². The van der Waals surface area contributed by atoms with Gasteiger partial charge in [-0.15, -0.1) is 0 Å². The lowest BCUT2D eigenvalue weighted by atomic mass is 9.86. The lowest BCUT2D eigenvalue weighted by Crippen LogP contribution is -2.24. The maximum Gasteiger partial charge on any atom is 0.240 e. The average molecular weight is 250 g/mol. The zero-order valence-corrected chi connectivity index (χ0v) is 11.7. The maximum atomic E-state index is 11.6. The molecule has 0 aromatic heterocycles. The monoisotopic (exact) mass is 250 g/mol. The zero-order chi connectivity index (χ0) is 13.0. The molecule has 0 heterocycles. The topological polar surface area (TPSA) is 41.5 Å². The first-order chi connectivity index (χ1) is 8.70. The van der Waals surface area contributed by atoms with Crippen LogP contribution in [0.5, 0.6) is 0 Å². The van der Waals surface area contributed by atoms with E-state index in [4.69, 9.17) is 0 Å². The van der Waals surface area contributed by atoms with E-state index >= 15 is 0 Å². The van der Waals surface area contributed by atoms with Crippen molar-refractivity contribution in [2.75, 3.05) is 0 Å². The Balaban J connectivity index is 1.73. The molecule has 3 nitrogen and oxygen atoms in total. The fourth-order valence-corrected chi connectivity index (χ4v) is 3.58. The van der Waals surface area contributed by atoms with E-state index in [1.54, 1.807) is 0 Å². The number of unbranched alkanes of at least 4 members (excludes halogenated alkanes) is 2. The first-order valence-electron chi connectivity index (χ1n) is 7.53. The minimum absolute atomic E-state index is 0.0750. The van der Waals surface area contributed by atoms with Crippen LogP contribution < -0.4 is 5.43 Å². The largest absolute Gasteiger partial charge is 0.273 e. The second kappa shape index (κ2) is 6.35.